The maximum Gasteiger partial charge on any atom is 0.308 e. The molecule has 12 nitrogen and oxygen atoms in total. The zero-order valence-corrected chi connectivity index (χ0v) is 32.4. The molecule has 1 aromatic carbocycles. The summed E-state index contributed by atoms with van der Waals surface area (Å²) in [5.41, 5.74) is 0.185. The van der Waals surface area contributed by atoms with Crippen LogP contribution in [-0.4, -0.2) is 107 Å². The number of carbonyl (C=O) groups is 5. The zero-order valence-electron chi connectivity index (χ0n) is 30.8. The van der Waals surface area contributed by atoms with Crippen molar-refractivity contribution in [1.82, 2.24) is 25.4 Å². The van der Waals surface area contributed by atoms with Crippen molar-refractivity contribution in [2.24, 2.45) is 11.8 Å². The topological polar surface area (TPSA) is 147 Å². The van der Waals surface area contributed by atoms with Gasteiger partial charge in [0.1, 0.15) is 16.2 Å². The summed E-state index contributed by atoms with van der Waals surface area (Å²) in [5.74, 6) is -1.03. The van der Waals surface area contributed by atoms with Crippen LogP contribution in [-0.2, 0) is 35.1 Å². The van der Waals surface area contributed by atoms with Crippen LogP contribution in [0.4, 0.5) is 0 Å². The first kappa shape index (κ1) is 40.3. The van der Waals surface area contributed by atoms with E-state index in [0.717, 1.165) is 31.4 Å². The number of piperidine rings is 1. The van der Waals surface area contributed by atoms with Gasteiger partial charge in [0.2, 0.25) is 11.8 Å². The molecule has 2 aliphatic rings. The molecule has 4 rings (SSSR count). The first-order valence-corrected chi connectivity index (χ1v) is 19.7. The van der Waals surface area contributed by atoms with Gasteiger partial charge in [-0.15, -0.1) is 11.3 Å². The Bertz CT molecular complexity index is 1520. The highest BCUT2D eigenvalue weighted by molar-refractivity contribution is 8.01. The molecular weight excluding hydrogens is 691 g/mol. The van der Waals surface area contributed by atoms with Crippen LogP contribution in [0.3, 0.4) is 0 Å². The Morgan fingerprint density at radius 1 is 1.08 bits per heavy atom. The highest BCUT2D eigenvalue weighted by atomic mass is 32.2. The highest BCUT2D eigenvalue weighted by Crippen LogP contribution is 2.35. The monoisotopic (exact) mass is 743 g/mol. The number of likely N-dealkylation sites (N-methyl/N-ethyl adjacent to an activating group) is 2. The van der Waals surface area contributed by atoms with Gasteiger partial charge in [0.25, 0.3) is 5.91 Å². The molecule has 3 heterocycles. The summed E-state index contributed by atoms with van der Waals surface area (Å²) in [6, 6.07) is 8.71. The molecule has 5 atom stereocenters. The van der Waals surface area contributed by atoms with Crippen LogP contribution >= 0.6 is 23.1 Å². The van der Waals surface area contributed by atoms with Gasteiger partial charge in [0.15, 0.2) is 6.10 Å². The number of carbonyl (C=O) groups excluding carboxylic acids is 5. The van der Waals surface area contributed by atoms with Crippen LogP contribution in [0.15, 0.2) is 35.7 Å². The number of amides is 3. The Kier molecular flexibility index (Phi) is 14.5. The molecule has 0 unspecified atom stereocenters. The lowest BCUT2D eigenvalue weighted by atomic mass is 9.92. The maximum atomic E-state index is 14.2. The van der Waals surface area contributed by atoms with E-state index >= 15 is 0 Å². The van der Waals surface area contributed by atoms with Gasteiger partial charge in [-0.1, -0.05) is 57.5 Å². The van der Waals surface area contributed by atoms with E-state index in [9.17, 15) is 24.0 Å². The third-order valence-corrected chi connectivity index (χ3v) is 12.2. The van der Waals surface area contributed by atoms with Gasteiger partial charge in [-0.25, -0.2) is 4.98 Å². The van der Waals surface area contributed by atoms with Crippen molar-refractivity contribution < 1.29 is 33.4 Å². The fourth-order valence-corrected chi connectivity index (χ4v) is 8.72. The van der Waals surface area contributed by atoms with E-state index in [1.165, 1.54) is 25.4 Å². The molecule has 3 amide bonds. The van der Waals surface area contributed by atoms with Crippen LogP contribution in [0, 0.1) is 11.8 Å². The van der Waals surface area contributed by atoms with E-state index in [2.05, 4.69) is 20.5 Å². The number of rotatable bonds is 16. The third kappa shape index (κ3) is 10.5. The molecule has 0 aliphatic carbocycles. The number of hydrogen-bond acceptors (Lipinski definition) is 11. The van der Waals surface area contributed by atoms with Crippen LogP contribution < -0.4 is 10.6 Å². The number of methoxy groups -OCH3 is 1. The normalized spacial score (nSPS) is 19.5. The molecule has 14 heteroatoms. The minimum atomic E-state index is -0.993. The molecule has 280 valence electrons. The van der Waals surface area contributed by atoms with E-state index in [1.807, 2.05) is 51.2 Å². The van der Waals surface area contributed by atoms with Crippen molar-refractivity contribution in [3.05, 3.63) is 52.0 Å². The predicted octanol–water partition coefficient (Wildman–Crippen LogP) is 4.25. The number of benzene rings is 1. The van der Waals surface area contributed by atoms with Crippen molar-refractivity contribution in [2.75, 3.05) is 39.3 Å². The molecule has 2 saturated heterocycles. The number of nitrogens with one attached hydrogen (secondary N) is 2. The second-order valence-corrected chi connectivity index (χ2v) is 16.1. The van der Waals surface area contributed by atoms with Gasteiger partial charge in [-0.2, -0.15) is 11.8 Å². The second-order valence-electron chi connectivity index (χ2n) is 14.2. The number of ether oxygens (including phenoxy) is 2. The Morgan fingerprint density at radius 2 is 1.78 bits per heavy atom. The molecule has 2 aromatic rings. The van der Waals surface area contributed by atoms with Gasteiger partial charge in [0.05, 0.1) is 19.1 Å². The molecule has 51 heavy (non-hydrogen) atoms. The molecule has 2 aliphatic heterocycles. The van der Waals surface area contributed by atoms with Gasteiger partial charge in [-0.3, -0.25) is 28.9 Å². The van der Waals surface area contributed by atoms with Crippen molar-refractivity contribution in [2.45, 2.75) is 96.0 Å². The van der Waals surface area contributed by atoms with Gasteiger partial charge in [0, 0.05) is 49.4 Å². The van der Waals surface area contributed by atoms with Gasteiger partial charge in [-0.05, 0) is 50.8 Å². The maximum absolute atomic E-state index is 14.2. The van der Waals surface area contributed by atoms with Gasteiger partial charge < -0.3 is 25.0 Å². The lowest BCUT2D eigenvalue weighted by molar-refractivity contribution is -0.150. The molecule has 0 spiro atoms. The number of likely N-dealkylation sites (tertiary alicyclic amines) is 1. The number of esters is 2. The van der Waals surface area contributed by atoms with E-state index in [4.69, 9.17) is 9.47 Å². The minimum Gasteiger partial charge on any atom is -0.469 e. The summed E-state index contributed by atoms with van der Waals surface area (Å²) in [4.78, 5) is 74.0. The number of aromatic nitrogens is 1. The summed E-state index contributed by atoms with van der Waals surface area (Å²) >= 11 is 2.83. The Balaban J connectivity index is 1.49. The van der Waals surface area contributed by atoms with Crippen molar-refractivity contribution >= 4 is 52.8 Å². The van der Waals surface area contributed by atoms with Crippen LogP contribution in [0.5, 0.6) is 0 Å². The van der Waals surface area contributed by atoms with E-state index in [1.54, 1.807) is 36.0 Å². The number of thiazole rings is 1. The summed E-state index contributed by atoms with van der Waals surface area (Å²) in [5, 5.41) is 8.24. The Labute approximate surface area is 309 Å². The third-order valence-electron chi connectivity index (χ3n) is 9.82. The largest absolute Gasteiger partial charge is 0.469 e. The molecule has 2 N–H and O–H groups in total. The summed E-state index contributed by atoms with van der Waals surface area (Å²) in [6.07, 6.45) is 3.12. The predicted molar refractivity (Wildman–Crippen MR) is 198 cm³/mol. The number of hydrogen-bond donors (Lipinski definition) is 2. The van der Waals surface area contributed by atoms with Crippen LogP contribution in [0.1, 0.15) is 87.0 Å². The Hall–Kier alpha value is -3.49. The fourth-order valence-electron chi connectivity index (χ4n) is 6.88. The zero-order chi connectivity index (χ0) is 37.3. The van der Waals surface area contributed by atoms with Crippen molar-refractivity contribution in [3.63, 3.8) is 0 Å². The smallest absolute Gasteiger partial charge is 0.308 e. The molecule has 0 saturated carbocycles. The molecule has 2 fully saturated rings. The van der Waals surface area contributed by atoms with Crippen molar-refractivity contribution in [1.29, 1.82) is 0 Å². The lowest BCUT2D eigenvalue weighted by Crippen LogP contribution is -2.70. The van der Waals surface area contributed by atoms with E-state index in [-0.39, 0.29) is 53.9 Å². The SMILES string of the molecule is COC(=O)[C@@H](C)C[C@H](Cc1ccccc1)NC(=O)c1csc([C@@H](C[C@H](C(C)C)N(C)C(=O)C2(NC(=O)[C@H]3CCCCN3C)CSC2)OC(C)=O)n1. The fraction of sp³-hybridized carbons (Fsp3) is 0.622. The number of nitrogens with zero attached hydrogens (tertiary/aromatic N) is 3. The number of thioether (sulfide) groups is 1. The van der Waals surface area contributed by atoms with Gasteiger partial charge >= 0.3 is 11.9 Å². The average Bonchev–Trinajstić information content (AvgIpc) is 3.58. The van der Waals surface area contributed by atoms with E-state index in [0.29, 0.717) is 29.4 Å². The highest BCUT2D eigenvalue weighted by Gasteiger charge is 2.50. The van der Waals surface area contributed by atoms with E-state index < -0.39 is 29.4 Å². The minimum absolute atomic E-state index is 0.0276. The Morgan fingerprint density at radius 3 is 2.37 bits per heavy atom. The summed E-state index contributed by atoms with van der Waals surface area (Å²) in [6.45, 7) is 7.94. The van der Waals surface area contributed by atoms with Crippen LogP contribution in [0.2, 0.25) is 0 Å². The summed E-state index contributed by atoms with van der Waals surface area (Å²) in [7, 11) is 5.03. The first-order valence-electron chi connectivity index (χ1n) is 17.7. The molecule has 0 bridgehead atoms. The molecule has 1 aromatic heterocycles. The van der Waals surface area contributed by atoms with Crippen LogP contribution in [0.25, 0.3) is 0 Å². The molecule has 0 radical (unpaired) electrons. The van der Waals surface area contributed by atoms with Crippen molar-refractivity contribution in [3.8, 4) is 0 Å². The lowest BCUT2D eigenvalue weighted by Gasteiger charge is -2.46. The second kappa shape index (κ2) is 18.3. The molecular formula is C37H53N5O7S2. The quantitative estimate of drug-likeness (QED) is 0.239. The first-order chi connectivity index (χ1) is 24.2. The standard InChI is InChI=1S/C37H53N5O7S2/c1-23(2)30(42(6)36(47)37(21-50-22-37)40-33(45)29-15-11-12-16-41(29)5)19-31(49-25(4)43)34-39-28(20-51-34)32(44)38-27(17-24(3)35(46)48-7)18-26-13-9-8-10-14-26/h8-10,13-14,20,23-24,27,29-31H,11-12,15-19,21-22H2,1-7H3,(H,38,44)(H,40,45)/t24-,27+,29+,30+,31+/m0/s1. The average molecular weight is 744 g/mol. The summed E-state index contributed by atoms with van der Waals surface area (Å²) < 4.78 is 10.7.